The van der Waals surface area contributed by atoms with Crippen molar-refractivity contribution in [3.63, 3.8) is 0 Å². The van der Waals surface area contributed by atoms with E-state index in [9.17, 15) is 14.4 Å². The lowest BCUT2D eigenvalue weighted by molar-refractivity contribution is -0.108. The van der Waals surface area contributed by atoms with Crippen molar-refractivity contribution >= 4 is 18.5 Å². The molecule has 78 valence electrons. The van der Waals surface area contributed by atoms with Crippen LogP contribution in [0.2, 0.25) is 0 Å². The molecular formula is C11H10O4. The molecule has 4 nitrogen and oxygen atoms in total. The highest BCUT2D eigenvalue weighted by Gasteiger charge is 2.12. The van der Waals surface area contributed by atoms with E-state index in [4.69, 9.17) is 5.11 Å². The van der Waals surface area contributed by atoms with Gasteiger partial charge in [-0.05, 0) is 17.2 Å². The number of carbonyl (C=O) groups is 3. The third-order valence-corrected chi connectivity index (χ3v) is 2.09. The number of rotatable bonds is 5. The van der Waals surface area contributed by atoms with Gasteiger partial charge >= 0.3 is 5.97 Å². The summed E-state index contributed by atoms with van der Waals surface area (Å²) < 4.78 is 0. The van der Waals surface area contributed by atoms with E-state index in [1.165, 1.54) is 6.07 Å². The molecule has 4 heteroatoms. The molecule has 0 spiro atoms. The van der Waals surface area contributed by atoms with Gasteiger partial charge in [0.1, 0.15) is 12.6 Å². The first-order valence-corrected chi connectivity index (χ1v) is 4.42. The van der Waals surface area contributed by atoms with Crippen LogP contribution in [0.25, 0.3) is 0 Å². The molecule has 0 aliphatic rings. The zero-order chi connectivity index (χ0) is 11.3. The average Bonchev–Trinajstić information content (AvgIpc) is 2.21. The quantitative estimate of drug-likeness (QED) is 0.725. The molecule has 0 heterocycles. The molecular weight excluding hydrogens is 196 g/mol. The fourth-order valence-electron chi connectivity index (χ4n) is 1.44. The zero-order valence-corrected chi connectivity index (χ0v) is 7.97. The summed E-state index contributed by atoms with van der Waals surface area (Å²) in [6, 6.07) is 4.64. The van der Waals surface area contributed by atoms with Crippen LogP contribution in [-0.4, -0.2) is 23.6 Å². The monoisotopic (exact) mass is 206 g/mol. The first kappa shape index (κ1) is 11.1. The Morgan fingerprint density at radius 1 is 1.20 bits per heavy atom. The lowest BCUT2D eigenvalue weighted by Gasteiger charge is -2.07. The molecule has 0 unspecified atom stereocenters. The lowest BCUT2D eigenvalue weighted by Crippen LogP contribution is -2.07. The minimum absolute atomic E-state index is 0.0195. The largest absolute Gasteiger partial charge is 0.478 e. The van der Waals surface area contributed by atoms with E-state index in [2.05, 4.69) is 0 Å². The van der Waals surface area contributed by atoms with Gasteiger partial charge in [-0.3, -0.25) is 0 Å². The van der Waals surface area contributed by atoms with Crippen molar-refractivity contribution in [2.24, 2.45) is 0 Å². The van der Waals surface area contributed by atoms with Crippen LogP contribution in [-0.2, 0) is 22.4 Å². The van der Waals surface area contributed by atoms with Crippen molar-refractivity contribution in [2.45, 2.75) is 12.8 Å². The number of hydrogen-bond donors (Lipinski definition) is 1. The van der Waals surface area contributed by atoms with E-state index in [0.717, 1.165) is 0 Å². The fourth-order valence-corrected chi connectivity index (χ4v) is 1.44. The Balaban J connectivity index is 3.26. The molecule has 0 aromatic heterocycles. The maximum absolute atomic E-state index is 10.8. The number of aldehydes is 2. The Kier molecular flexibility index (Phi) is 3.74. The van der Waals surface area contributed by atoms with Crippen LogP contribution in [0.3, 0.4) is 0 Å². The molecule has 0 saturated carbocycles. The average molecular weight is 206 g/mol. The molecule has 0 bridgehead atoms. The van der Waals surface area contributed by atoms with E-state index < -0.39 is 5.97 Å². The minimum Gasteiger partial charge on any atom is -0.478 e. The van der Waals surface area contributed by atoms with Crippen molar-refractivity contribution in [2.75, 3.05) is 0 Å². The zero-order valence-electron chi connectivity index (χ0n) is 7.97. The molecule has 0 aliphatic heterocycles. The molecule has 0 amide bonds. The predicted molar refractivity (Wildman–Crippen MR) is 52.9 cm³/mol. The molecule has 1 aromatic rings. The second-order valence-electron chi connectivity index (χ2n) is 2.99. The summed E-state index contributed by atoms with van der Waals surface area (Å²) in [5, 5.41) is 8.88. The van der Waals surface area contributed by atoms with E-state index in [1.807, 2.05) is 0 Å². The molecule has 0 aliphatic carbocycles. The maximum atomic E-state index is 10.8. The Labute approximate surface area is 86.5 Å². The Morgan fingerprint density at radius 3 is 2.40 bits per heavy atom. The van der Waals surface area contributed by atoms with Crippen molar-refractivity contribution < 1.29 is 19.5 Å². The van der Waals surface area contributed by atoms with Gasteiger partial charge in [-0.25, -0.2) is 4.79 Å². The fraction of sp³-hybridized carbons (Fsp3) is 0.182. The van der Waals surface area contributed by atoms with Crippen LogP contribution < -0.4 is 0 Å². The van der Waals surface area contributed by atoms with Crippen molar-refractivity contribution in [1.29, 1.82) is 0 Å². The number of carbonyl (C=O) groups excluding carboxylic acids is 2. The van der Waals surface area contributed by atoms with E-state index in [1.54, 1.807) is 12.1 Å². The van der Waals surface area contributed by atoms with Gasteiger partial charge in [0.2, 0.25) is 0 Å². The van der Waals surface area contributed by atoms with Crippen molar-refractivity contribution in [3.05, 3.63) is 34.9 Å². The van der Waals surface area contributed by atoms with Crippen LogP contribution in [0.4, 0.5) is 0 Å². The SMILES string of the molecule is O=CCc1cccc(C(=O)O)c1CC=O. The molecule has 0 atom stereocenters. The van der Waals surface area contributed by atoms with Crippen LogP contribution >= 0.6 is 0 Å². The van der Waals surface area contributed by atoms with Crippen LogP contribution in [0.1, 0.15) is 21.5 Å². The number of aromatic carboxylic acids is 1. The number of carboxylic acids is 1. The van der Waals surface area contributed by atoms with Crippen molar-refractivity contribution in [1.82, 2.24) is 0 Å². The summed E-state index contributed by atoms with van der Waals surface area (Å²) in [5.74, 6) is -1.08. The molecule has 1 aromatic carbocycles. The Bertz CT molecular complexity index is 396. The number of hydrogen-bond acceptors (Lipinski definition) is 3. The molecule has 0 saturated heterocycles. The number of carboxylic acid groups (broad SMARTS) is 1. The van der Waals surface area contributed by atoms with Gasteiger partial charge in [-0.2, -0.15) is 0 Å². The van der Waals surface area contributed by atoms with E-state index in [-0.39, 0.29) is 18.4 Å². The highest BCUT2D eigenvalue weighted by atomic mass is 16.4. The summed E-state index contributed by atoms with van der Waals surface area (Å²) >= 11 is 0. The standard InChI is InChI=1S/C11H10O4/c12-6-4-8-2-1-3-10(11(14)15)9(8)5-7-13/h1-3,6-7H,4-5H2,(H,14,15). The van der Waals surface area contributed by atoms with Crippen LogP contribution in [0.15, 0.2) is 18.2 Å². The third-order valence-electron chi connectivity index (χ3n) is 2.09. The first-order valence-electron chi connectivity index (χ1n) is 4.42. The van der Waals surface area contributed by atoms with Gasteiger partial charge in [0.05, 0.1) is 5.56 Å². The van der Waals surface area contributed by atoms with Gasteiger partial charge in [-0.1, -0.05) is 12.1 Å². The van der Waals surface area contributed by atoms with E-state index >= 15 is 0 Å². The summed E-state index contributed by atoms with van der Waals surface area (Å²) in [4.78, 5) is 31.6. The van der Waals surface area contributed by atoms with Gasteiger partial charge < -0.3 is 14.7 Å². The molecule has 1 rings (SSSR count). The lowest BCUT2D eigenvalue weighted by atomic mass is 9.97. The van der Waals surface area contributed by atoms with Gasteiger partial charge in [0.15, 0.2) is 0 Å². The van der Waals surface area contributed by atoms with Gasteiger partial charge in [-0.15, -0.1) is 0 Å². The van der Waals surface area contributed by atoms with Gasteiger partial charge in [0.25, 0.3) is 0 Å². The minimum atomic E-state index is -1.08. The van der Waals surface area contributed by atoms with Crippen molar-refractivity contribution in [3.8, 4) is 0 Å². The summed E-state index contributed by atoms with van der Waals surface area (Å²) in [5.41, 5.74) is 1.10. The molecule has 0 radical (unpaired) electrons. The molecule has 1 N–H and O–H groups in total. The second kappa shape index (κ2) is 5.05. The maximum Gasteiger partial charge on any atom is 0.335 e. The topological polar surface area (TPSA) is 71.4 Å². The smallest absolute Gasteiger partial charge is 0.335 e. The third kappa shape index (κ3) is 2.49. The predicted octanol–water partition coefficient (Wildman–Crippen LogP) is 0.868. The second-order valence-corrected chi connectivity index (χ2v) is 2.99. The number of benzene rings is 1. The Morgan fingerprint density at radius 2 is 1.87 bits per heavy atom. The van der Waals surface area contributed by atoms with Gasteiger partial charge in [0, 0.05) is 12.8 Å². The van der Waals surface area contributed by atoms with Crippen LogP contribution in [0, 0.1) is 0 Å². The Hall–Kier alpha value is -1.97. The normalized spacial score (nSPS) is 9.60. The molecule has 15 heavy (non-hydrogen) atoms. The summed E-state index contributed by atoms with van der Waals surface area (Å²) in [7, 11) is 0. The molecule has 0 fully saturated rings. The highest BCUT2D eigenvalue weighted by molar-refractivity contribution is 5.91. The summed E-state index contributed by atoms with van der Waals surface area (Å²) in [6.45, 7) is 0. The van der Waals surface area contributed by atoms with Crippen LogP contribution in [0.5, 0.6) is 0 Å². The highest BCUT2D eigenvalue weighted by Crippen LogP contribution is 2.15. The van der Waals surface area contributed by atoms with E-state index in [0.29, 0.717) is 23.7 Å². The summed E-state index contributed by atoms with van der Waals surface area (Å²) in [6.07, 6.45) is 1.47. The first-order chi connectivity index (χ1) is 7.20.